The third-order valence-electron chi connectivity index (χ3n) is 3.82. The number of nitrogens with one attached hydrogen (secondary N) is 1. The Morgan fingerprint density at radius 3 is 2.83 bits per heavy atom. The van der Waals surface area contributed by atoms with Crippen LogP contribution in [0.5, 0.6) is 5.75 Å². The SMILES string of the molecule is Cc1cc(Br)cc(Br)c1OCC(=O)N1CCCC(C(=O)NN)C1. The van der Waals surface area contributed by atoms with Crippen LogP contribution in [0.3, 0.4) is 0 Å². The van der Waals surface area contributed by atoms with Crippen molar-refractivity contribution in [1.82, 2.24) is 10.3 Å². The summed E-state index contributed by atoms with van der Waals surface area (Å²) in [5.41, 5.74) is 3.08. The summed E-state index contributed by atoms with van der Waals surface area (Å²) in [5.74, 6) is 5.21. The van der Waals surface area contributed by atoms with Gasteiger partial charge in [-0.15, -0.1) is 0 Å². The van der Waals surface area contributed by atoms with Crippen LogP contribution in [0.4, 0.5) is 0 Å². The van der Waals surface area contributed by atoms with E-state index in [1.165, 1.54) is 0 Å². The van der Waals surface area contributed by atoms with Crippen molar-refractivity contribution in [2.45, 2.75) is 19.8 Å². The Balaban J connectivity index is 1.96. The van der Waals surface area contributed by atoms with Gasteiger partial charge in [-0.25, -0.2) is 5.84 Å². The van der Waals surface area contributed by atoms with Crippen LogP contribution in [0.25, 0.3) is 0 Å². The van der Waals surface area contributed by atoms with E-state index in [-0.39, 0.29) is 24.3 Å². The highest BCUT2D eigenvalue weighted by molar-refractivity contribution is 9.11. The van der Waals surface area contributed by atoms with Gasteiger partial charge in [0.25, 0.3) is 5.91 Å². The normalized spacial score (nSPS) is 17.7. The first-order valence-corrected chi connectivity index (χ1v) is 8.87. The van der Waals surface area contributed by atoms with Gasteiger partial charge in [-0.05, 0) is 53.4 Å². The van der Waals surface area contributed by atoms with Crippen LogP contribution in [0, 0.1) is 12.8 Å². The van der Waals surface area contributed by atoms with Crippen LogP contribution in [0.2, 0.25) is 0 Å². The fourth-order valence-corrected chi connectivity index (χ4v) is 4.19. The van der Waals surface area contributed by atoms with Gasteiger partial charge in [0.05, 0.1) is 10.4 Å². The minimum atomic E-state index is -0.251. The standard InChI is InChI=1S/C15H19Br2N3O3/c1-9-5-11(16)6-12(17)14(9)23-8-13(21)20-4-2-3-10(7-20)15(22)19-18/h5-6,10H,2-4,7-8,18H2,1H3,(H,19,22). The minimum absolute atomic E-state index is 0.0575. The van der Waals surface area contributed by atoms with Crippen LogP contribution in [0.15, 0.2) is 21.1 Å². The Kier molecular flexibility index (Phi) is 6.43. The largest absolute Gasteiger partial charge is 0.482 e. The van der Waals surface area contributed by atoms with Crippen LogP contribution in [-0.2, 0) is 9.59 Å². The Bertz CT molecular complexity index is 587. The highest BCUT2D eigenvalue weighted by Gasteiger charge is 2.28. The lowest BCUT2D eigenvalue weighted by Crippen LogP contribution is -2.48. The lowest BCUT2D eigenvalue weighted by molar-refractivity contribution is -0.137. The van der Waals surface area contributed by atoms with Gasteiger partial charge in [0.15, 0.2) is 6.61 Å². The molecule has 0 aliphatic carbocycles. The first-order chi connectivity index (χ1) is 10.9. The van der Waals surface area contributed by atoms with E-state index in [4.69, 9.17) is 10.6 Å². The second-order valence-corrected chi connectivity index (χ2v) is 7.28. The van der Waals surface area contributed by atoms with Crippen LogP contribution >= 0.6 is 31.9 Å². The molecule has 1 aliphatic rings. The summed E-state index contributed by atoms with van der Waals surface area (Å²) >= 11 is 6.84. The molecule has 0 spiro atoms. The second kappa shape index (κ2) is 8.12. The number of halogens is 2. The lowest BCUT2D eigenvalue weighted by atomic mass is 9.97. The number of amides is 2. The number of nitrogens with zero attached hydrogens (tertiary/aromatic N) is 1. The number of nitrogens with two attached hydrogens (primary N) is 1. The van der Waals surface area contributed by atoms with Crippen molar-refractivity contribution >= 4 is 43.7 Å². The number of rotatable bonds is 4. The first-order valence-electron chi connectivity index (χ1n) is 7.29. The maximum Gasteiger partial charge on any atom is 0.260 e. The Hall–Kier alpha value is -1.12. The summed E-state index contributed by atoms with van der Waals surface area (Å²) in [4.78, 5) is 25.6. The molecule has 1 aliphatic heterocycles. The van der Waals surface area contributed by atoms with Crippen molar-refractivity contribution in [3.63, 3.8) is 0 Å². The van der Waals surface area contributed by atoms with E-state index in [1.54, 1.807) is 4.90 Å². The maximum absolute atomic E-state index is 12.3. The molecule has 1 unspecified atom stereocenters. The van der Waals surface area contributed by atoms with Crippen LogP contribution < -0.4 is 16.0 Å². The number of aryl methyl sites for hydroxylation is 1. The third kappa shape index (κ3) is 4.68. The van der Waals surface area contributed by atoms with Crippen LogP contribution in [0.1, 0.15) is 18.4 Å². The lowest BCUT2D eigenvalue weighted by Gasteiger charge is -2.31. The zero-order valence-electron chi connectivity index (χ0n) is 12.8. The van der Waals surface area contributed by atoms with Crippen molar-refractivity contribution < 1.29 is 14.3 Å². The Morgan fingerprint density at radius 2 is 2.17 bits per heavy atom. The molecule has 8 heteroatoms. The second-order valence-electron chi connectivity index (χ2n) is 5.51. The molecule has 0 radical (unpaired) electrons. The fourth-order valence-electron chi connectivity index (χ4n) is 2.63. The van der Waals surface area contributed by atoms with Crippen LogP contribution in [-0.4, -0.2) is 36.4 Å². The molecule has 1 atom stereocenters. The molecule has 6 nitrogen and oxygen atoms in total. The van der Waals surface area contributed by atoms with Crippen molar-refractivity contribution in [2.75, 3.05) is 19.7 Å². The topological polar surface area (TPSA) is 84.7 Å². The molecule has 2 amide bonds. The summed E-state index contributed by atoms with van der Waals surface area (Å²) in [6.07, 6.45) is 1.52. The highest BCUT2D eigenvalue weighted by atomic mass is 79.9. The van der Waals surface area contributed by atoms with E-state index in [0.717, 1.165) is 27.4 Å². The molecule has 2 rings (SSSR count). The van der Waals surface area contributed by atoms with Gasteiger partial charge in [-0.2, -0.15) is 0 Å². The molecule has 1 heterocycles. The van der Waals surface area contributed by atoms with E-state index < -0.39 is 0 Å². The zero-order valence-corrected chi connectivity index (χ0v) is 15.9. The number of carbonyl (C=O) groups excluding carboxylic acids is 2. The van der Waals surface area contributed by atoms with Gasteiger partial charge in [0, 0.05) is 17.6 Å². The Labute approximate surface area is 152 Å². The van der Waals surface area contributed by atoms with E-state index >= 15 is 0 Å². The van der Waals surface area contributed by atoms with Gasteiger partial charge in [-0.1, -0.05) is 15.9 Å². The average molecular weight is 449 g/mol. The molecule has 1 fully saturated rings. The number of ether oxygens (including phenoxy) is 1. The zero-order chi connectivity index (χ0) is 17.0. The summed E-state index contributed by atoms with van der Waals surface area (Å²) in [6.45, 7) is 2.87. The number of piperidine rings is 1. The van der Waals surface area contributed by atoms with Gasteiger partial charge in [-0.3, -0.25) is 15.0 Å². The van der Waals surface area contributed by atoms with Gasteiger partial charge >= 0.3 is 0 Å². The Morgan fingerprint density at radius 1 is 1.43 bits per heavy atom. The molecule has 1 aromatic carbocycles. The molecule has 1 saturated heterocycles. The third-order valence-corrected chi connectivity index (χ3v) is 4.87. The van der Waals surface area contributed by atoms with Crippen molar-refractivity contribution in [3.05, 3.63) is 26.6 Å². The predicted octanol–water partition coefficient (Wildman–Crippen LogP) is 2.13. The minimum Gasteiger partial charge on any atom is -0.482 e. The maximum atomic E-state index is 12.3. The number of carbonyl (C=O) groups is 2. The number of benzene rings is 1. The van der Waals surface area contributed by atoms with E-state index in [0.29, 0.717) is 18.8 Å². The summed E-state index contributed by atoms with van der Waals surface area (Å²) in [5, 5.41) is 0. The molecule has 0 aromatic heterocycles. The molecular formula is C15H19Br2N3O3. The number of hydrazine groups is 1. The average Bonchev–Trinajstić information content (AvgIpc) is 2.53. The molecular weight excluding hydrogens is 430 g/mol. The fraction of sp³-hybridized carbons (Fsp3) is 0.467. The smallest absolute Gasteiger partial charge is 0.260 e. The quantitative estimate of drug-likeness (QED) is 0.419. The van der Waals surface area contributed by atoms with Gasteiger partial charge < -0.3 is 9.64 Å². The molecule has 126 valence electrons. The predicted molar refractivity (Wildman–Crippen MR) is 93.7 cm³/mol. The first kappa shape index (κ1) is 18.2. The highest BCUT2D eigenvalue weighted by Crippen LogP contribution is 2.32. The van der Waals surface area contributed by atoms with Crippen molar-refractivity contribution in [3.8, 4) is 5.75 Å². The number of hydrogen-bond donors (Lipinski definition) is 2. The summed E-state index contributed by atoms with van der Waals surface area (Å²) in [6, 6.07) is 3.79. The molecule has 3 N–H and O–H groups in total. The number of hydrogen-bond acceptors (Lipinski definition) is 4. The molecule has 1 aromatic rings. The van der Waals surface area contributed by atoms with Gasteiger partial charge in [0.2, 0.25) is 5.91 Å². The molecule has 23 heavy (non-hydrogen) atoms. The van der Waals surface area contributed by atoms with Crippen molar-refractivity contribution in [2.24, 2.45) is 11.8 Å². The van der Waals surface area contributed by atoms with Gasteiger partial charge in [0.1, 0.15) is 5.75 Å². The summed E-state index contributed by atoms with van der Waals surface area (Å²) < 4.78 is 7.40. The van der Waals surface area contributed by atoms with E-state index in [2.05, 4.69) is 37.3 Å². The number of likely N-dealkylation sites (tertiary alicyclic amines) is 1. The van der Waals surface area contributed by atoms with E-state index in [1.807, 2.05) is 19.1 Å². The molecule has 0 saturated carbocycles. The van der Waals surface area contributed by atoms with E-state index in [9.17, 15) is 9.59 Å². The van der Waals surface area contributed by atoms with Crippen molar-refractivity contribution in [1.29, 1.82) is 0 Å². The monoisotopic (exact) mass is 447 g/mol. The summed E-state index contributed by atoms with van der Waals surface area (Å²) in [7, 11) is 0. The molecule has 0 bridgehead atoms.